The van der Waals surface area contributed by atoms with Gasteiger partial charge in [-0.15, -0.1) is 0 Å². The second kappa shape index (κ2) is 79.3. The Morgan fingerprint density at radius 1 is 1.00 bits per heavy atom. The molecule has 0 aromatic heterocycles. The fourth-order valence-corrected chi connectivity index (χ4v) is 0.0962. The van der Waals surface area contributed by atoms with Gasteiger partial charge < -0.3 is 5.41 Å². The maximum absolute atomic E-state index is 6.39. The maximum Gasteiger partial charge on any atom is 0.0174 e. The molecule has 0 fully saturated rings. The highest BCUT2D eigenvalue weighted by atomic mass is 14.3. The van der Waals surface area contributed by atoms with Crippen LogP contribution in [0, 0.1) is 5.41 Å². The van der Waals surface area contributed by atoms with Crippen LogP contribution in [0.15, 0.2) is 12.2 Å². The lowest BCUT2D eigenvalue weighted by atomic mass is 10.6. The van der Waals surface area contributed by atoms with Gasteiger partial charge in [-0.05, 0) is 13.0 Å². The molecule has 0 radical (unpaired) electrons. The first-order valence-corrected chi connectivity index (χ1v) is 4.95. The quantitative estimate of drug-likeness (QED) is 0.557. The second-order valence-corrected chi connectivity index (χ2v) is 1.40. The van der Waals surface area contributed by atoms with Gasteiger partial charge >= 0.3 is 0 Å². The van der Waals surface area contributed by atoms with Crippen LogP contribution < -0.4 is 0 Å². The summed E-state index contributed by atoms with van der Waals surface area (Å²) in [6.45, 7) is 14.1. The minimum atomic E-state index is 1.25. The molecule has 0 spiro atoms. The van der Waals surface area contributed by atoms with Crippen molar-refractivity contribution in [3.05, 3.63) is 12.2 Å². The summed E-state index contributed by atoms with van der Waals surface area (Å²) in [5, 5.41) is 6.39. The van der Waals surface area contributed by atoms with Gasteiger partial charge in [0.05, 0.1) is 0 Å². The Hall–Kier alpha value is -0.590. The molecular weight excluding hydrogens is 146 g/mol. The van der Waals surface area contributed by atoms with Gasteiger partial charge in [0.1, 0.15) is 0 Å². The van der Waals surface area contributed by atoms with E-state index >= 15 is 0 Å². The van der Waals surface area contributed by atoms with Crippen LogP contribution in [0.3, 0.4) is 0 Å². The molecule has 12 heavy (non-hydrogen) atoms. The third-order valence-electron chi connectivity index (χ3n) is 0.289. The van der Waals surface area contributed by atoms with E-state index in [0.29, 0.717) is 0 Å². The van der Waals surface area contributed by atoms with Gasteiger partial charge in [0.2, 0.25) is 0 Å². The third kappa shape index (κ3) is 335. The molecule has 0 rings (SSSR count). The van der Waals surface area contributed by atoms with Crippen LogP contribution in [-0.2, 0) is 0 Å². The van der Waals surface area contributed by atoms with Gasteiger partial charge in [0.25, 0.3) is 0 Å². The van der Waals surface area contributed by atoms with Crippen molar-refractivity contribution in [3.63, 3.8) is 0 Å². The van der Waals surface area contributed by atoms with Crippen molar-refractivity contribution in [3.8, 4) is 0 Å². The van der Waals surface area contributed by atoms with E-state index < -0.39 is 0 Å². The molecule has 0 atom stereocenters. The smallest absolute Gasteiger partial charge is 0.0174 e. The first kappa shape index (κ1) is 22.5. The van der Waals surface area contributed by atoms with Gasteiger partial charge in [0, 0.05) is 6.21 Å². The molecule has 0 unspecified atom stereocenters. The largest absolute Gasteiger partial charge is 0.309 e. The Kier molecular flexibility index (Phi) is 149. The molecule has 0 aromatic rings. The van der Waals surface area contributed by atoms with E-state index in [4.69, 9.17) is 5.41 Å². The highest BCUT2D eigenvalue weighted by Crippen LogP contribution is 1.56. The van der Waals surface area contributed by atoms with E-state index in [1.54, 1.807) is 6.08 Å². The topological polar surface area (TPSA) is 23.9 Å². The van der Waals surface area contributed by atoms with Crippen molar-refractivity contribution in [1.29, 1.82) is 5.41 Å². The summed E-state index contributed by atoms with van der Waals surface area (Å²) in [6, 6.07) is 0. The van der Waals surface area contributed by atoms with Crippen molar-refractivity contribution >= 4 is 6.21 Å². The lowest BCUT2D eigenvalue weighted by Crippen LogP contribution is -1.48. The first-order valence-electron chi connectivity index (χ1n) is 4.95. The fourth-order valence-electron chi connectivity index (χ4n) is 0.0962. The number of nitrogens with one attached hydrogen (secondary N) is 1. The summed E-state index contributed by atoms with van der Waals surface area (Å²) in [4.78, 5) is 0. The normalized spacial score (nSPS) is 6.25. The lowest BCUT2D eigenvalue weighted by molar-refractivity contribution is 1.09. The molecule has 0 saturated heterocycles. The predicted octanol–water partition coefficient (Wildman–Crippen LogP) is 4.68. The average Bonchev–Trinajstić information content (AvgIpc) is 2.14. The van der Waals surface area contributed by atoms with E-state index in [1.807, 2.05) is 40.7 Å². The monoisotopic (exact) mass is 173 g/mol. The molecule has 1 N–H and O–H groups in total. The third-order valence-corrected chi connectivity index (χ3v) is 0.289. The number of hydrogen-bond donors (Lipinski definition) is 1. The zero-order valence-electron chi connectivity index (χ0n) is 9.94. The summed E-state index contributed by atoms with van der Waals surface area (Å²) in [5.41, 5.74) is 0. The summed E-state index contributed by atoms with van der Waals surface area (Å²) in [7, 11) is 0. The van der Waals surface area contributed by atoms with Crippen LogP contribution in [0.2, 0.25) is 0 Å². The Labute approximate surface area is 79.4 Å². The summed E-state index contributed by atoms with van der Waals surface area (Å²) in [5.74, 6) is 0. The first-order chi connectivity index (χ1) is 5.83. The van der Waals surface area contributed by atoms with Crippen LogP contribution in [0.5, 0.6) is 0 Å². The highest BCUT2D eigenvalue weighted by molar-refractivity contribution is 5.67. The SMILES string of the molecule is C/C=C\C=N.CC.CC.CCC. The van der Waals surface area contributed by atoms with Crippen LogP contribution in [0.1, 0.15) is 54.9 Å². The van der Waals surface area contributed by atoms with Gasteiger partial charge in [-0.1, -0.05) is 54.0 Å². The van der Waals surface area contributed by atoms with Gasteiger partial charge in [0.15, 0.2) is 0 Å². The number of allylic oxidation sites excluding steroid dienone is 2. The van der Waals surface area contributed by atoms with Crippen LogP contribution >= 0.6 is 0 Å². The molecule has 0 heterocycles. The van der Waals surface area contributed by atoms with E-state index in [0.717, 1.165) is 0 Å². The van der Waals surface area contributed by atoms with E-state index in [9.17, 15) is 0 Å². The van der Waals surface area contributed by atoms with Gasteiger partial charge in [-0.3, -0.25) is 0 Å². The van der Waals surface area contributed by atoms with Crippen molar-refractivity contribution in [2.24, 2.45) is 0 Å². The molecule has 0 aromatic carbocycles. The fraction of sp³-hybridized carbons (Fsp3) is 0.727. The van der Waals surface area contributed by atoms with Gasteiger partial charge in [-0.2, -0.15) is 0 Å². The predicted molar refractivity (Wildman–Crippen MR) is 62.3 cm³/mol. The van der Waals surface area contributed by atoms with Crippen molar-refractivity contribution in [2.45, 2.75) is 54.9 Å². The molecule has 0 bridgehead atoms. The van der Waals surface area contributed by atoms with E-state index in [-0.39, 0.29) is 0 Å². The molecule has 76 valence electrons. The van der Waals surface area contributed by atoms with Crippen LogP contribution in [0.25, 0.3) is 0 Å². The molecule has 0 aliphatic rings. The molecule has 1 nitrogen and oxygen atoms in total. The molecule has 0 aliphatic heterocycles. The maximum atomic E-state index is 6.39. The van der Waals surface area contributed by atoms with Gasteiger partial charge in [-0.25, -0.2) is 0 Å². The average molecular weight is 173 g/mol. The molecule has 1 heteroatoms. The molecular formula is C11H27N. The second-order valence-electron chi connectivity index (χ2n) is 1.40. The lowest BCUT2D eigenvalue weighted by Gasteiger charge is -1.54. The Morgan fingerprint density at radius 3 is 1.25 bits per heavy atom. The zero-order valence-corrected chi connectivity index (χ0v) is 9.94. The minimum Gasteiger partial charge on any atom is -0.309 e. The Morgan fingerprint density at radius 2 is 1.25 bits per heavy atom. The summed E-state index contributed by atoms with van der Waals surface area (Å²) in [6.07, 6.45) is 5.98. The molecule has 0 saturated carbocycles. The Balaban J connectivity index is -0.0000000397. The highest BCUT2D eigenvalue weighted by Gasteiger charge is 1.43. The van der Waals surface area contributed by atoms with Crippen molar-refractivity contribution in [1.82, 2.24) is 0 Å². The van der Waals surface area contributed by atoms with Crippen molar-refractivity contribution in [2.75, 3.05) is 0 Å². The number of rotatable bonds is 1. The molecule has 0 aliphatic carbocycles. The van der Waals surface area contributed by atoms with Crippen LogP contribution in [-0.4, -0.2) is 6.21 Å². The van der Waals surface area contributed by atoms with Crippen molar-refractivity contribution < 1.29 is 0 Å². The van der Waals surface area contributed by atoms with E-state index in [2.05, 4.69) is 13.8 Å². The zero-order chi connectivity index (χ0) is 10.8. The van der Waals surface area contributed by atoms with Crippen LogP contribution in [0.4, 0.5) is 0 Å². The summed E-state index contributed by atoms with van der Waals surface area (Å²) < 4.78 is 0. The Bertz CT molecular complexity index is 56.0. The minimum absolute atomic E-state index is 1.25. The molecule has 0 amide bonds. The van der Waals surface area contributed by atoms with E-state index in [1.165, 1.54) is 12.6 Å². The number of hydrogen-bond acceptors (Lipinski definition) is 1. The summed E-state index contributed by atoms with van der Waals surface area (Å²) >= 11 is 0. The standard InChI is InChI=1S/C4H7N.C3H8.2C2H6/c1-2-3-4-5;1-3-2;2*1-2/h2-5H,1H3;3H2,1-2H3;2*1-2H3/b3-2-,5-4?;;;.